The normalized spacial score (nSPS) is 28.4. The average molecular weight is 252 g/mol. The minimum absolute atomic E-state index is 0.135. The molecule has 100 valence electrons. The molecular formula is C15H23FNO+. The van der Waals surface area contributed by atoms with E-state index in [9.17, 15) is 4.48 Å². The quantitative estimate of drug-likeness (QED) is 0.799. The molecule has 1 aromatic heterocycles. The summed E-state index contributed by atoms with van der Waals surface area (Å²) in [6.07, 6.45) is 5.96. The van der Waals surface area contributed by atoms with Crippen molar-refractivity contribution < 1.29 is 14.0 Å². The van der Waals surface area contributed by atoms with E-state index in [4.69, 9.17) is 4.74 Å². The summed E-state index contributed by atoms with van der Waals surface area (Å²) in [4.78, 5) is 0.557. The van der Waals surface area contributed by atoms with E-state index in [1.54, 1.807) is 18.2 Å². The minimum Gasteiger partial charge on any atom is -0.438 e. The molecule has 3 heteroatoms. The Labute approximate surface area is 109 Å². The maximum atomic E-state index is 13.5. The monoisotopic (exact) mass is 252 g/mol. The van der Waals surface area contributed by atoms with Gasteiger partial charge in [0.05, 0.1) is 15.3 Å². The Morgan fingerprint density at radius 2 is 2.22 bits per heavy atom. The summed E-state index contributed by atoms with van der Waals surface area (Å²) in [7, 11) is 0. The second kappa shape index (κ2) is 5.25. The van der Waals surface area contributed by atoms with Gasteiger partial charge in [-0.25, -0.2) is 0 Å². The molecule has 0 amide bonds. The summed E-state index contributed by atoms with van der Waals surface area (Å²) in [6.45, 7) is 6.85. The van der Waals surface area contributed by atoms with E-state index in [2.05, 4.69) is 20.8 Å². The van der Waals surface area contributed by atoms with Crippen LogP contribution in [0.5, 0.6) is 5.88 Å². The van der Waals surface area contributed by atoms with E-state index in [0.29, 0.717) is 22.0 Å². The van der Waals surface area contributed by atoms with Crippen LogP contribution in [-0.2, 0) is 0 Å². The Kier molecular flexibility index (Phi) is 3.88. The fourth-order valence-corrected chi connectivity index (χ4v) is 2.75. The van der Waals surface area contributed by atoms with E-state index < -0.39 is 0 Å². The van der Waals surface area contributed by atoms with Gasteiger partial charge in [-0.05, 0) is 43.1 Å². The maximum Gasteiger partial charge on any atom is 0.413 e. The number of ether oxygens (including phenoxy) is 1. The second-order valence-electron chi connectivity index (χ2n) is 6.00. The molecule has 1 aliphatic rings. The smallest absolute Gasteiger partial charge is 0.413 e. The molecule has 1 heterocycles. The van der Waals surface area contributed by atoms with Gasteiger partial charge < -0.3 is 4.74 Å². The van der Waals surface area contributed by atoms with Gasteiger partial charge in [-0.1, -0.05) is 20.8 Å². The topological polar surface area (TPSA) is 13.1 Å². The van der Waals surface area contributed by atoms with Crippen LogP contribution in [0.3, 0.4) is 0 Å². The summed E-state index contributed by atoms with van der Waals surface area (Å²) in [6, 6.07) is 5.14. The largest absolute Gasteiger partial charge is 0.438 e. The predicted molar refractivity (Wildman–Crippen MR) is 69.0 cm³/mol. The average Bonchev–Trinajstić information content (AvgIpc) is 2.32. The summed E-state index contributed by atoms with van der Waals surface area (Å²) >= 11 is 0. The van der Waals surface area contributed by atoms with Gasteiger partial charge in [0.25, 0.3) is 0 Å². The first-order valence-electron chi connectivity index (χ1n) is 6.85. The maximum absolute atomic E-state index is 13.5. The lowest BCUT2D eigenvalue weighted by Crippen LogP contribution is -2.38. The van der Waals surface area contributed by atoms with Gasteiger partial charge in [-0.15, -0.1) is 0 Å². The van der Waals surface area contributed by atoms with Crippen molar-refractivity contribution in [1.29, 1.82) is 0 Å². The van der Waals surface area contributed by atoms with Crippen molar-refractivity contribution in [2.24, 2.45) is 11.3 Å². The second-order valence-corrected chi connectivity index (χ2v) is 6.00. The molecule has 0 saturated heterocycles. The van der Waals surface area contributed by atoms with Gasteiger partial charge in [0, 0.05) is 6.07 Å². The Bertz CT molecular complexity index is 407. The minimum atomic E-state index is 0.135. The summed E-state index contributed by atoms with van der Waals surface area (Å²) in [5.41, 5.74) is 0.318. The standard InChI is InChI=1S/C15H23FNO/c1-12(2)15(3)9-6-7-13(11-15)18-14-8-4-5-10-17(14)16/h4-5,8,10,12-13H,6-7,9,11H2,1-3H3/q+1. The third kappa shape index (κ3) is 2.82. The first-order valence-corrected chi connectivity index (χ1v) is 6.85. The molecule has 2 nitrogen and oxygen atoms in total. The van der Waals surface area contributed by atoms with Gasteiger partial charge in [0.1, 0.15) is 6.10 Å². The van der Waals surface area contributed by atoms with E-state index in [-0.39, 0.29) is 6.10 Å². The molecule has 2 atom stereocenters. The van der Waals surface area contributed by atoms with Crippen LogP contribution in [0.2, 0.25) is 0 Å². The lowest BCUT2D eigenvalue weighted by molar-refractivity contribution is -0.846. The van der Waals surface area contributed by atoms with Crippen LogP contribution in [0.1, 0.15) is 46.5 Å². The molecular weight excluding hydrogens is 229 g/mol. The van der Waals surface area contributed by atoms with Gasteiger partial charge in [-0.2, -0.15) is 0 Å². The van der Waals surface area contributed by atoms with Crippen molar-refractivity contribution in [3.8, 4) is 5.88 Å². The number of nitrogens with zero attached hydrogens (tertiary/aromatic N) is 1. The molecule has 18 heavy (non-hydrogen) atoms. The number of pyridine rings is 1. The van der Waals surface area contributed by atoms with Crippen LogP contribution in [0, 0.1) is 11.3 Å². The number of hydrogen-bond donors (Lipinski definition) is 0. The zero-order chi connectivity index (χ0) is 13.2. The van der Waals surface area contributed by atoms with Crippen LogP contribution >= 0.6 is 0 Å². The van der Waals surface area contributed by atoms with Crippen LogP contribution in [-0.4, -0.2) is 6.10 Å². The fourth-order valence-electron chi connectivity index (χ4n) is 2.75. The Balaban J connectivity index is 2.04. The Hall–Kier alpha value is -1.12. The molecule has 0 aromatic carbocycles. The fraction of sp³-hybridized carbons (Fsp3) is 0.667. The van der Waals surface area contributed by atoms with Crippen LogP contribution in [0.25, 0.3) is 0 Å². The molecule has 0 bridgehead atoms. The molecule has 1 aliphatic carbocycles. The lowest BCUT2D eigenvalue weighted by Gasteiger charge is -2.40. The third-order valence-corrected chi connectivity index (χ3v) is 4.43. The highest BCUT2D eigenvalue weighted by Gasteiger charge is 2.36. The van der Waals surface area contributed by atoms with Crippen LogP contribution in [0.15, 0.2) is 24.4 Å². The molecule has 0 spiro atoms. The zero-order valence-electron chi connectivity index (χ0n) is 11.5. The number of hydrogen-bond acceptors (Lipinski definition) is 1. The number of halogens is 1. The highest BCUT2D eigenvalue weighted by Crippen LogP contribution is 2.42. The van der Waals surface area contributed by atoms with Crippen molar-refractivity contribution in [3.63, 3.8) is 0 Å². The summed E-state index contributed by atoms with van der Waals surface area (Å²) < 4.78 is 19.3. The molecule has 0 N–H and O–H groups in total. The first-order chi connectivity index (χ1) is 8.51. The third-order valence-electron chi connectivity index (χ3n) is 4.43. The van der Waals surface area contributed by atoms with Crippen molar-refractivity contribution >= 4 is 0 Å². The van der Waals surface area contributed by atoms with Crippen LogP contribution in [0.4, 0.5) is 4.48 Å². The predicted octanol–water partition coefficient (Wildman–Crippen LogP) is 3.69. The highest BCUT2D eigenvalue weighted by molar-refractivity contribution is 5.03. The van der Waals surface area contributed by atoms with Crippen molar-refractivity contribution in [1.82, 2.24) is 0 Å². The molecule has 0 aliphatic heterocycles. The summed E-state index contributed by atoms with van der Waals surface area (Å²) in [5, 5.41) is 0. The van der Waals surface area contributed by atoms with E-state index >= 15 is 0 Å². The van der Waals surface area contributed by atoms with E-state index in [1.165, 1.54) is 19.0 Å². The van der Waals surface area contributed by atoms with Gasteiger partial charge in [-0.3, -0.25) is 0 Å². The lowest BCUT2D eigenvalue weighted by atomic mass is 9.67. The van der Waals surface area contributed by atoms with Crippen molar-refractivity contribution in [3.05, 3.63) is 24.4 Å². The zero-order valence-corrected chi connectivity index (χ0v) is 11.5. The Morgan fingerprint density at radius 3 is 2.89 bits per heavy atom. The van der Waals surface area contributed by atoms with E-state index in [1.807, 2.05) is 0 Å². The molecule has 2 rings (SSSR count). The van der Waals surface area contributed by atoms with Crippen LogP contribution < -0.4 is 9.53 Å². The van der Waals surface area contributed by atoms with E-state index in [0.717, 1.165) is 12.8 Å². The summed E-state index contributed by atoms with van der Waals surface area (Å²) in [5.74, 6) is 0.952. The van der Waals surface area contributed by atoms with Gasteiger partial charge in [0.2, 0.25) is 6.20 Å². The first kappa shape index (κ1) is 13.3. The molecule has 1 fully saturated rings. The molecule has 0 radical (unpaired) electrons. The van der Waals surface area contributed by atoms with Crippen molar-refractivity contribution in [2.45, 2.75) is 52.6 Å². The SMILES string of the molecule is CC(C)C1(C)CCCC(Oc2cccc[n+]2F)C1. The molecule has 1 aromatic rings. The molecule has 1 saturated carbocycles. The Morgan fingerprint density at radius 1 is 1.44 bits per heavy atom. The number of rotatable bonds is 3. The van der Waals surface area contributed by atoms with Gasteiger partial charge >= 0.3 is 5.88 Å². The molecule has 2 unspecified atom stereocenters. The van der Waals surface area contributed by atoms with Gasteiger partial charge in [0.15, 0.2) is 0 Å². The number of aromatic nitrogens is 1. The highest BCUT2D eigenvalue weighted by atomic mass is 19.2. The van der Waals surface area contributed by atoms with Crippen molar-refractivity contribution in [2.75, 3.05) is 0 Å².